The number of rotatable bonds is 7. The summed E-state index contributed by atoms with van der Waals surface area (Å²) in [5.41, 5.74) is 4.30. The lowest BCUT2D eigenvalue weighted by atomic mass is 9.48. The number of halogens is 1. The Labute approximate surface area is 209 Å². The molecule has 1 N–H and O–H groups in total. The summed E-state index contributed by atoms with van der Waals surface area (Å²) in [5, 5.41) is 9.25. The molecule has 4 aliphatic carbocycles. The van der Waals surface area contributed by atoms with E-state index in [-0.39, 0.29) is 11.0 Å². The maximum absolute atomic E-state index is 11.3. The predicted octanol–water partition coefficient (Wildman–Crippen LogP) is 6.99. The zero-order valence-corrected chi connectivity index (χ0v) is 21.4. The molecule has 2 aromatic carbocycles. The van der Waals surface area contributed by atoms with Gasteiger partial charge >= 0.3 is 5.97 Å². The number of carbonyl (C=O) groups is 1. The van der Waals surface area contributed by atoms with E-state index in [0.29, 0.717) is 5.75 Å². The number of methoxy groups -OCH3 is 1. The molecule has 0 saturated heterocycles. The van der Waals surface area contributed by atoms with E-state index in [1.165, 1.54) is 49.7 Å². The maximum atomic E-state index is 11.3. The SMILES string of the molecule is COc1ccc(C/C(C)=C/Oc2cc(C(=O)O)ccc2I)cc1C12CC3CC(CC(C3)C1)C2. The van der Waals surface area contributed by atoms with Crippen LogP contribution in [0.5, 0.6) is 11.5 Å². The first-order valence-electron chi connectivity index (χ1n) is 11.9. The molecule has 0 heterocycles. The summed E-state index contributed by atoms with van der Waals surface area (Å²) in [6.45, 7) is 2.06. The van der Waals surface area contributed by atoms with Crippen LogP contribution in [0.25, 0.3) is 0 Å². The number of carboxylic acids is 1. The lowest BCUT2D eigenvalue weighted by Gasteiger charge is -2.57. The second-order valence-corrected chi connectivity index (χ2v) is 11.6. The number of allylic oxidation sites excluding steroid dienone is 1. The van der Waals surface area contributed by atoms with Crippen LogP contribution >= 0.6 is 22.6 Å². The largest absolute Gasteiger partial charge is 0.496 e. The highest BCUT2D eigenvalue weighted by atomic mass is 127. The van der Waals surface area contributed by atoms with Crippen molar-refractivity contribution in [2.24, 2.45) is 17.8 Å². The Balaban J connectivity index is 1.37. The lowest BCUT2D eigenvalue weighted by Crippen LogP contribution is -2.48. The van der Waals surface area contributed by atoms with Gasteiger partial charge in [-0.05, 0) is 133 Å². The molecule has 33 heavy (non-hydrogen) atoms. The van der Waals surface area contributed by atoms with Crippen LogP contribution in [0, 0.1) is 21.3 Å². The molecule has 0 spiro atoms. The molecule has 2 aromatic rings. The number of hydrogen-bond donors (Lipinski definition) is 1. The molecule has 4 fully saturated rings. The Kier molecular flexibility index (Phi) is 6.19. The smallest absolute Gasteiger partial charge is 0.335 e. The monoisotopic (exact) mass is 558 g/mol. The molecule has 4 saturated carbocycles. The Morgan fingerprint density at radius 2 is 1.73 bits per heavy atom. The van der Waals surface area contributed by atoms with E-state index in [9.17, 15) is 9.90 Å². The molecule has 5 heteroatoms. The summed E-state index contributed by atoms with van der Waals surface area (Å²) in [4.78, 5) is 11.3. The van der Waals surface area contributed by atoms with Crippen LogP contribution < -0.4 is 9.47 Å². The van der Waals surface area contributed by atoms with Gasteiger partial charge in [-0.15, -0.1) is 0 Å². The first-order chi connectivity index (χ1) is 15.8. The summed E-state index contributed by atoms with van der Waals surface area (Å²) in [7, 11) is 1.80. The van der Waals surface area contributed by atoms with Crippen molar-refractivity contribution < 1.29 is 19.4 Å². The van der Waals surface area contributed by atoms with Gasteiger partial charge in [0.15, 0.2) is 0 Å². The summed E-state index contributed by atoms with van der Waals surface area (Å²) in [6.07, 6.45) is 10.8. The van der Waals surface area contributed by atoms with E-state index >= 15 is 0 Å². The molecule has 6 rings (SSSR count). The molecule has 4 bridgehead atoms. The van der Waals surface area contributed by atoms with Crippen molar-refractivity contribution in [3.63, 3.8) is 0 Å². The molecule has 174 valence electrons. The summed E-state index contributed by atoms with van der Waals surface area (Å²) < 4.78 is 12.6. The predicted molar refractivity (Wildman–Crippen MR) is 137 cm³/mol. The quantitative estimate of drug-likeness (QED) is 0.294. The van der Waals surface area contributed by atoms with Gasteiger partial charge in [-0.25, -0.2) is 4.79 Å². The molecule has 0 aliphatic heterocycles. The van der Waals surface area contributed by atoms with Gasteiger partial charge in [0.2, 0.25) is 0 Å². The van der Waals surface area contributed by atoms with Gasteiger partial charge in [0, 0.05) is 5.56 Å². The molecular formula is C28H31IO4. The van der Waals surface area contributed by atoms with Crippen LogP contribution in [0.15, 0.2) is 48.2 Å². The third kappa shape index (κ3) is 4.53. The van der Waals surface area contributed by atoms with E-state index in [1.54, 1.807) is 31.6 Å². The second kappa shape index (κ2) is 8.97. The highest BCUT2D eigenvalue weighted by Gasteiger charge is 2.52. The van der Waals surface area contributed by atoms with Gasteiger partial charge < -0.3 is 14.6 Å². The van der Waals surface area contributed by atoms with Crippen LogP contribution in [0.2, 0.25) is 0 Å². The first kappa shape index (κ1) is 22.8. The van der Waals surface area contributed by atoms with Crippen molar-refractivity contribution in [1.29, 1.82) is 0 Å². The minimum absolute atomic E-state index is 0.229. The van der Waals surface area contributed by atoms with Crippen molar-refractivity contribution in [3.05, 3.63) is 68.5 Å². The van der Waals surface area contributed by atoms with Crippen molar-refractivity contribution in [2.45, 2.75) is 57.3 Å². The van der Waals surface area contributed by atoms with Gasteiger partial charge in [0.1, 0.15) is 11.5 Å². The molecule has 0 atom stereocenters. The van der Waals surface area contributed by atoms with Gasteiger partial charge in [-0.1, -0.05) is 12.1 Å². The number of aromatic carboxylic acids is 1. The number of ether oxygens (including phenoxy) is 2. The lowest BCUT2D eigenvalue weighted by molar-refractivity contribution is -0.00618. The maximum Gasteiger partial charge on any atom is 0.335 e. The van der Waals surface area contributed by atoms with E-state index in [4.69, 9.17) is 9.47 Å². The van der Waals surface area contributed by atoms with Crippen LogP contribution in [-0.2, 0) is 11.8 Å². The Morgan fingerprint density at radius 1 is 1.06 bits per heavy atom. The first-order valence-corrected chi connectivity index (χ1v) is 13.0. The van der Waals surface area contributed by atoms with E-state index < -0.39 is 5.97 Å². The molecule has 4 nitrogen and oxygen atoms in total. The van der Waals surface area contributed by atoms with Crippen LogP contribution in [-0.4, -0.2) is 18.2 Å². The fraction of sp³-hybridized carbons (Fsp3) is 0.464. The summed E-state index contributed by atoms with van der Waals surface area (Å²) in [5.74, 6) is 3.33. The van der Waals surface area contributed by atoms with Crippen LogP contribution in [0.4, 0.5) is 0 Å². The highest BCUT2D eigenvalue weighted by Crippen LogP contribution is 2.61. The van der Waals surface area contributed by atoms with Gasteiger partial charge in [0.25, 0.3) is 0 Å². The normalized spacial score (nSPS) is 28.1. The molecule has 4 aliphatic rings. The molecule has 0 radical (unpaired) electrons. The number of hydrogen-bond acceptors (Lipinski definition) is 3. The van der Waals surface area contributed by atoms with Gasteiger partial charge in [0.05, 0.1) is 22.5 Å². The Hall–Kier alpha value is -2.02. The molecule has 0 unspecified atom stereocenters. The standard InChI is InChI=1S/C28H31IO4/c1-17(16-33-26-12-22(27(30)31)4-5-24(26)29)7-18-3-6-25(32-2)23(11-18)28-13-19-8-20(14-28)10-21(9-19)15-28/h3-6,11-12,16,19-21H,7-10,13-15H2,1-2H3,(H,30,31)/b17-16+. The average Bonchev–Trinajstić information content (AvgIpc) is 2.77. The number of carboxylic acid groups (broad SMARTS) is 1. The van der Waals surface area contributed by atoms with Crippen molar-refractivity contribution in [1.82, 2.24) is 0 Å². The summed E-state index contributed by atoms with van der Waals surface area (Å²) in [6, 6.07) is 11.6. The third-order valence-corrected chi connectivity index (χ3v) is 8.81. The van der Waals surface area contributed by atoms with E-state index in [2.05, 4.69) is 47.7 Å². The molecular weight excluding hydrogens is 527 g/mol. The molecule has 0 aromatic heterocycles. The average molecular weight is 558 g/mol. The Bertz CT molecular complexity index is 1070. The summed E-state index contributed by atoms with van der Waals surface area (Å²) >= 11 is 2.16. The van der Waals surface area contributed by atoms with Crippen molar-refractivity contribution >= 4 is 28.6 Å². The number of benzene rings is 2. The van der Waals surface area contributed by atoms with E-state index in [1.807, 2.05) is 0 Å². The Morgan fingerprint density at radius 3 is 2.33 bits per heavy atom. The fourth-order valence-electron chi connectivity index (χ4n) is 6.97. The fourth-order valence-corrected chi connectivity index (χ4v) is 7.44. The molecule has 0 amide bonds. The second-order valence-electron chi connectivity index (χ2n) is 10.4. The zero-order valence-electron chi connectivity index (χ0n) is 19.3. The topological polar surface area (TPSA) is 55.8 Å². The minimum atomic E-state index is -0.951. The van der Waals surface area contributed by atoms with Gasteiger partial charge in [-0.2, -0.15) is 0 Å². The van der Waals surface area contributed by atoms with E-state index in [0.717, 1.165) is 39.1 Å². The zero-order chi connectivity index (χ0) is 23.2. The highest BCUT2D eigenvalue weighted by molar-refractivity contribution is 14.1. The van der Waals surface area contributed by atoms with Crippen LogP contribution in [0.1, 0.15) is 66.9 Å². The third-order valence-electron chi connectivity index (χ3n) is 7.92. The minimum Gasteiger partial charge on any atom is -0.496 e. The van der Waals surface area contributed by atoms with Crippen molar-refractivity contribution in [2.75, 3.05) is 7.11 Å². The van der Waals surface area contributed by atoms with Crippen molar-refractivity contribution in [3.8, 4) is 11.5 Å². The van der Waals surface area contributed by atoms with Crippen LogP contribution in [0.3, 0.4) is 0 Å². The van der Waals surface area contributed by atoms with Gasteiger partial charge in [-0.3, -0.25) is 0 Å².